The Morgan fingerprint density at radius 2 is 1.91 bits per heavy atom. The molecule has 1 aliphatic rings. The van der Waals surface area contributed by atoms with Gasteiger partial charge in [-0.3, -0.25) is 4.79 Å². The third-order valence-corrected chi connectivity index (χ3v) is 4.47. The van der Waals surface area contributed by atoms with Crippen molar-refractivity contribution >= 4 is 39.7 Å². The van der Waals surface area contributed by atoms with Gasteiger partial charge in [0.1, 0.15) is 0 Å². The molecule has 1 amide bonds. The average Bonchev–Trinajstić information content (AvgIpc) is 2.91. The van der Waals surface area contributed by atoms with Gasteiger partial charge < -0.3 is 5.11 Å². The molecule has 0 spiro atoms. The zero-order valence-electron chi connectivity index (χ0n) is 11.4. The first kappa shape index (κ1) is 15.2. The minimum absolute atomic E-state index is 0.227. The zero-order valence-corrected chi connectivity index (χ0v) is 13.8. The van der Waals surface area contributed by atoms with Crippen molar-refractivity contribution in [1.82, 2.24) is 5.01 Å². The molecule has 3 rings (SSSR count). The molecular weight excluding hydrogens is 368 g/mol. The third kappa shape index (κ3) is 2.56. The average molecular weight is 380 g/mol. The van der Waals surface area contributed by atoms with Crippen molar-refractivity contribution in [3.8, 4) is 0 Å². The number of hydrazone groups is 1. The number of nitrogens with zero attached hydrogens (tertiary/aromatic N) is 2. The largest absolute Gasteiger partial charge is 0.365 e. The minimum Gasteiger partial charge on any atom is -0.365 e. The van der Waals surface area contributed by atoms with Gasteiger partial charge in [0, 0.05) is 27.7 Å². The number of hydrogen-bond acceptors (Lipinski definition) is 3. The van der Waals surface area contributed by atoms with Crippen LogP contribution in [-0.2, 0) is 5.72 Å². The van der Waals surface area contributed by atoms with E-state index in [1.54, 1.807) is 42.5 Å². The molecule has 1 N–H and O–H groups in total. The Kier molecular flexibility index (Phi) is 4.04. The van der Waals surface area contributed by atoms with Crippen LogP contribution in [0, 0.1) is 0 Å². The van der Waals surface area contributed by atoms with Crippen molar-refractivity contribution in [2.24, 2.45) is 5.10 Å². The molecular formula is C16H12BrClN2O2. The predicted molar refractivity (Wildman–Crippen MR) is 88.8 cm³/mol. The fourth-order valence-electron chi connectivity index (χ4n) is 2.36. The number of carbonyl (C=O) groups excluding carboxylic acids is 1. The predicted octanol–water partition coefficient (Wildman–Crippen LogP) is 3.78. The van der Waals surface area contributed by atoms with E-state index < -0.39 is 5.72 Å². The van der Waals surface area contributed by atoms with Crippen molar-refractivity contribution in [3.63, 3.8) is 0 Å². The number of carbonyl (C=O) groups is 1. The van der Waals surface area contributed by atoms with E-state index in [9.17, 15) is 9.90 Å². The molecule has 0 saturated heterocycles. The monoisotopic (exact) mass is 378 g/mol. The molecule has 0 aromatic heterocycles. The summed E-state index contributed by atoms with van der Waals surface area (Å²) in [7, 11) is 0. The molecule has 0 fully saturated rings. The highest BCUT2D eigenvalue weighted by molar-refractivity contribution is 9.10. The Bertz CT molecular complexity index is 748. The van der Waals surface area contributed by atoms with Crippen LogP contribution in [0.4, 0.5) is 0 Å². The second kappa shape index (κ2) is 5.83. The van der Waals surface area contributed by atoms with Gasteiger partial charge in [0.25, 0.3) is 5.91 Å². The lowest BCUT2D eigenvalue weighted by atomic mass is 9.99. The van der Waals surface area contributed by atoms with E-state index in [1.165, 1.54) is 6.21 Å². The summed E-state index contributed by atoms with van der Waals surface area (Å²) in [6, 6.07) is 13.8. The van der Waals surface area contributed by atoms with Crippen LogP contribution in [0.15, 0.2) is 58.1 Å². The third-order valence-electron chi connectivity index (χ3n) is 3.53. The van der Waals surface area contributed by atoms with Crippen molar-refractivity contribution in [3.05, 3.63) is 69.2 Å². The number of rotatable bonds is 2. The van der Waals surface area contributed by atoms with Gasteiger partial charge in [-0.1, -0.05) is 35.9 Å². The molecule has 2 aromatic rings. The maximum absolute atomic E-state index is 12.7. The molecule has 0 saturated carbocycles. The molecule has 2 aromatic carbocycles. The molecule has 1 unspecified atom stereocenters. The summed E-state index contributed by atoms with van der Waals surface area (Å²) in [5.74, 6) is -0.376. The molecule has 112 valence electrons. The smallest absolute Gasteiger partial charge is 0.278 e. The van der Waals surface area contributed by atoms with Gasteiger partial charge in [0.15, 0.2) is 5.72 Å². The topological polar surface area (TPSA) is 52.9 Å². The van der Waals surface area contributed by atoms with Crippen LogP contribution in [0.1, 0.15) is 22.3 Å². The van der Waals surface area contributed by atoms with Gasteiger partial charge in [-0.25, -0.2) is 0 Å². The lowest BCUT2D eigenvalue weighted by Gasteiger charge is -2.31. The van der Waals surface area contributed by atoms with E-state index in [2.05, 4.69) is 21.0 Å². The highest BCUT2D eigenvalue weighted by atomic mass is 79.9. The maximum atomic E-state index is 12.7. The van der Waals surface area contributed by atoms with Crippen LogP contribution in [0.2, 0.25) is 5.02 Å². The van der Waals surface area contributed by atoms with Crippen LogP contribution in [-0.4, -0.2) is 22.2 Å². The van der Waals surface area contributed by atoms with Crippen molar-refractivity contribution in [2.75, 3.05) is 0 Å². The number of halogens is 2. The summed E-state index contributed by atoms with van der Waals surface area (Å²) in [6.45, 7) is 0. The van der Waals surface area contributed by atoms with Crippen molar-refractivity contribution < 1.29 is 9.90 Å². The first-order valence-electron chi connectivity index (χ1n) is 6.62. The van der Waals surface area contributed by atoms with Crippen LogP contribution in [0.25, 0.3) is 0 Å². The fourth-order valence-corrected chi connectivity index (χ4v) is 2.94. The second-order valence-corrected chi connectivity index (χ2v) is 6.21. The Morgan fingerprint density at radius 3 is 2.59 bits per heavy atom. The summed E-state index contributed by atoms with van der Waals surface area (Å²) in [5, 5.41) is 16.7. The summed E-state index contributed by atoms with van der Waals surface area (Å²) in [6.07, 6.45) is 1.76. The highest BCUT2D eigenvalue weighted by Gasteiger charge is 2.43. The molecule has 4 nitrogen and oxygen atoms in total. The van der Waals surface area contributed by atoms with Crippen molar-refractivity contribution in [2.45, 2.75) is 12.1 Å². The number of aliphatic hydroxyl groups is 1. The number of hydrogen-bond donors (Lipinski definition) is 1. The number of benzene rings is 2. The lowest BCUT2D eigenvalue weighted by molar-refractivity contribution is -0.0764. The molecule has 22 heavy (non-hydrogen) atoms. The van der Waals surface area contributed by atoms with Gasteiger partial charge >= 0.3 is 0 Å². The van der Waals surface area contributed by atoms with E-state index in [0.717, 1.165) is 5.01 Å². The van der Waals surface area contributed by atoms with E-state index in [4.69, 9.17) is 11.6 Å². The van der Waals surface area contributed by atoms with Gasteiger partial charge in [-0.2, -0.15) is 10.1 Å². The van der Waals surface area contributed by atoms with Gasteiger partial charge in [-0.05, 0) is 40.2 Å². The summed E-state index contributed by atoms with van der Waals surface area (Å²) in [4.78, 5) is 12.7. The molecule has 0 radical (unpaired) electrons. The first-order chi connectivity index (χ1) is 10.5. The van der Waals surface area contributed by atoms with Crippen LogP contribution < -0.4 is 0 Å². The van der Waals surface area contributed by atoms with Crippen molar-refractivity contribution in [1.29, 1.82) is 0 Å². The Morgan fingerprint density at radius 1 is 1.23 bits per heavy atom. The molecule has 1 atom stereocenters. The van der Waals surface area contributed by atoms with E-state index in [0.29, 0.717) is 20.6 Å². The van der Waals surface area contributed by atoms with Crippen LogP contribution in [0.5, 0.6) is 0 Å². The van der Waals surface area contributed by atoms with Gasteiger partial charge in [0.05, 0.1) is 5.56 Å². The van der Waals surface area contributed by atoms with Crippen LogP contribution >= 0.6 is 27.5 Å². The molecule has 1 heterocycles. The zero-order chi connectivity index (χ0) is 15.7. The molecule has 1 aliphatic heterocycles. The highest BCUT2D eigenvalue weighted by Crippen LogP contribution is 2.35. The Labute approximate surface area is 141 Å². The van der Waals surface area contributed by atoms with E-state index >= 15 is 0 Å². The quantitative estimate of drug-likeness (QED) is 0.863. The number of amides is 1. The summed E-state index contributed by atoms with van der Waals surface area (Å²) >= 11 is 9.23. The Hall–Kier alpha value is -1.69. The fraction of sp³-hybridized carbons (Fsp3) is 0.125. The lowest BCUT2D eigenvalue weighted by Crippen LogP contribution is -2.43. The SMILES string of the molecule is O=C(c1ccccc1Br)N1N=CCC1(O)c1ccc(Cl)cc1. The second-order valence-electron chi connectivity index (χ2n) is 4.92. The minimum atomic E-state index is -1.50. The normalized spacial score (nSPS) is 20.4. The van der Waals surface area contributed by atoms with E-state index in [1.807, 2.05) is 6.07 Å². The maximum Gasteiger partial charge on any atom is 0.278 e. The molecule has 6 heteroatoms. The van der Waals surface area contributed by atoms with Gasteiger partial charge in [-0.15, -0.1) is 0 Å². The van der Waals surface area contributed by atoms with Crippen LogP contribution in [0.3, 0.4) is 0 Å². The molecule has 0 bridgehead atoms. The standard InChI is InChI=1S/C16H12BrClN2O2/c17-14-4-2-1-3-13(14)15(21)20-16(22,9-10-19-20)11-5-7-12(18)8-6-11/h1-8,10,22H,9H2. The Balaban J connectivity index is 1.99. The first-order valence-corrected chi connectivity index (χ1v) is 7.79. The summed E-state index contributed by atoms with van der Waals surface area (Å²) in [5.41, 5.74) is -0.500. The summed E-state index contributed by atoms with van der Waals surface area (Å²) < 4.78 is 0.653. The molecule has 0 aliphatic carbocycles. The van der Waals surface area contributed by atoms with Gasteiger partial charge in [0.2, 0.25) is 0 Å². The van der Waals surface area contributed by atoms with E-state index in [-0.39, 0.29) is 12.3 Å².